The first-order valence-corrected chi connectivity index (χ1v) is 6.20. The molecule has 0 amide bonds. The van der Waals surface area contributed by atoms with Crippen LogP contribution in [0.15, 0.2) is 11.0 Å². The van der Waals surface area contributed by atoms with Gasteiger partial charge in [-0.25, -0.2) is 4.68 Å². The molecule has 0 aliphatic carbocycles. The summed E-state index contributed by atoms with van der Waals surface area (Å²) in [4.78, 5) is 11.7. The molecule has 0 aromatic carbocycles. The lowest BCUT2D eigenvalue weighted by molar-refractivity contribution is -0.143. The first-order chi connectivity index (χ1) is 9.24. The van der Waals surface area contributed by atoms with Gasteiger partial charge in [0.2, 0.25) is 0 Å². The number of halogens is 4. The molecule has 1 N–H and O–H groups in total. The van der Waals surface area contributed by atoms with Gasteiger partial charge in [0.05, 0.1) is 11.9 Å². The van der Waals surface area contributed by atoms with Gasteiger partial charge in [-0.3, -0.25) is 4.79 Å². The molecule has 0 fully saturated rings. The summed E-state index contributed by atoms with van der Waals surface area (Å²) < 4.78 is 41.9. The number of anilines is 1. The van der Waals surface area contributed by atoms with E-state index in [1.165, 1.54) is 0 Å². The lowest BCUT2D eigenvalue weighted by atomic mass is 10.2. The summed E-state index contributed by atoms with van der Waals surface area (Å²) in [5.41, 5.74) is -0.772. The second kappa shape index (κ2) is 6.94. The van der Waals surface area contributed by atoms with Crippen molar-refractivity contribution in [2.24, 2.45) is 0 Å². The zero-order valence-electron chi connectivity index (χ0n) is 11.0. The molecular weight excluding hydrogens is 299 g/mol. The fourth-order valence-electron chi connectivity index (χ4n) is 1.48. The molecule has 9 heteroatoms. The molecular formula is C11H15ClF3N3O2. The van der Waals surface area contributed by atoms with Crippen LogP contribution in [0, 0.1) is 0 Å². The third-order valence-corrected chi connectivity index (χ3v) is 2.84. The molecule has 0 aliphatic rings. The predicted octanol–water partition coefficient (Wildman–Crippen LogP) is 2.30. The Morgan fingerprint density at radius 1 is 1.55 bits per heavy atom. The van der Waals surface area contributed by atoms with Crippen LogP contribution in [0.25, 0.3) is 0 Å². The second-order valence-corrected chi connectivity index (χ2v) is 4.66. The van der Waals surface area contributed by atoms with Gasteiger partial charge in [-0.05, 0) is 13.3 Å². The Morgan fingerprint density at radius 2 is 2.20 bits per heavy atom. The van der Waals surface area contributed by atoms with E-state index in [0.29, 0.717) is 13.0 Å². The average Bonchev–Trinajstić information content (AvgIpc) is 2.34. The fourth-order valence-corrected chi connectivity index (χ4v) is 1.68. The summed E-state index contributed by atoms with van der Waals surface area (Å²) in [6.07, 6.45) is -2.77. The zero-order valence-corrected chi connectivity index (χ0v) is 11.8. The van der Waals surface area contributed by atoms with E-state index >= 15 is 0 Å². The van der Waals surface area contributed by atoms with E-state index in [1.807, 2.05) is 6.92 Å². The molecule has 0 saturated heterocycles. The van der Waals surface area contributed by atoms with Crippen LogP contribution in [-0.2, 0) is 11.3 Å². The number of hydrogen-bond donors (Lipinski definition) is 1. The van der Waals surface area contributed by atoms with Crippen molar-refractivity contribution in [3.63, 3.8) is 0 Å². The maximum atomic E-state index is 12.2. The number of nitrogens with zero attached hydrogens (tertiary/aromatic N) is 2. The van der Waals surface area contributed by atoms with Gasteiger partial charge in [-0.2, -0.15) is 18.3 Å². The summed E-state index contributed by atoms with van der Waals surface area (Å²) >= 11 is 5.77. The number of rotatable bonds is 6. The molecule has 0 bridgehead atoms. The largest absolute Gasteiger partial charge is 0.408 e. The van der Waals surface area contributed by atoms with Crippen LogP contribution in [0.5, 0.6) is 0 Å². The van der Waals surface area contributed by atoms with Crippen molar-refractivity contribution in [1.29, 1.82) is 0 Å². The minimum absolute atomic E-state index is 0.0629. The Kier molecular flexibility index (Phi) is 5.82. The zero-order chi connectivity index (χ0) is 15.3. The quantitative estimate of drug-likeness (QED) is 0.875. The maximum Gasteiger partial charge on any atom is 0.408 e. The Bertz CT molecular complexity index is 505. The van der Waals surface area contributed by atoms with E-state index in [-0.39, 0.29) is 21.4 Å². The van der Waals surface area contributed by atoms with Crippen LogP contribution in [0.3, 0.4) is 0 Å². The van der Waals surface area contributed by atoms with E-state index in [9.17, 15) is 18.0 Å². The van der Waals surface area contributed by atoms with E-state index in [0.717, 1.165) is 6.20 Å². The van der Waals surface area contributed by atoms with Crippen molar-refractivity contribution in [2.45, 2.75) is 32.1 Å². The highest BCUT2D eigenvalue weighted by Crippen LogP contribution is 2.19. The molecule has 1 aromatic rings. The number of hydrogen-bond acceptors (Lipinski definition) is 4. The van der Waals surface area contributed by atoms with E-state index < -0.39 is 18.3 Å². The second-order valence-electron chi connectivity index (χ2n) is 4.28. The molecule has 1 atom stereocenters. The summed E-state index contributed by atoms with van der Waals surface area (Å²) in [5.74, 6) is 0. The lowest BCUT2D eigenvalue weighted by Gasteiger charge is -2.16. The molecule has 1 rings (SSSR count). The normalized spacial score (nSPS) is 13.3. The fraction of sp³-hybridized carbons (Fsp3) is 0.636. The molecule has 0 spiro atoms. The van der Waals surface area contributed by atoms with Crippen molar-refractivity contribution in [3.05, 3.63) is 21.6 Å². The number of nitrogens with one attached hydrogen (secondary N) is 1. The predicted molar refractivity (Wildman–Crippen MR) is 69.1 cm³/mol. The Balaban J connectivity index is 2.86. The van der Waals surface area contributed by atoms with Crippen LogP contribution in [0.4, 0.5) is 18.9 Å². The van der Waals surface area contributed by atoms with Crippen molar-refractivity contribution in [2.75, 3.05) is 19.0 Å². The van der Waals surface area contributed by atoms with Crippen molar-refractivity contribution in [3.8, 4) is 0 Å². The molecule has 0 saturated carbocycles. The highest BCUT2D eigenvalue weighted by Gasteiger charge is 2.29. The molecule has 0 radical (unpaired) electrons. The molecule has 1 unspecified atom stereocenters. The van der Waals surface area contributed by atoms with Gasteiger partial charge in [-0.1, -0.05) is 11.6 Å². The van der Waals surface area contributed by atoms with E-state index in [2.05, 4.69) is 10.4 Å². The maximum absolute atomic E-state index is 12.2. The monoisotopic (exact) mass is 313 g/mol. The Hall–Kier alpha value is -1.28. The number of methoxy groups -OCH3 is 1. The Morgan fingerprint density at radius 3 is 2.75 bits per heavy atom. The SMILES string of the molecule is COCCC(C)Nc1cnn(CC(F)(F)F)c(=O)c1Cl. The van der Waals surface area contributed by atoms with Crippen LogP contribution < -0.4 is 10.9 Å². The van der Waals surface area contributed by atoms with Gasteiger partial charge >= 0.3 is 6.18 Å². The van der Waals surface area contributed by atoms with Gasteiger partial charge in [0.15, 0.2) is 0 Å². The smallest absolute Gasteiger partial charge is 0.385 e. The number of ether oxygens (including phenoxy) is 1. The van der Waals surface area contributed by atoms with Crippen LogP contribution in [0.2, 0.25) is 5.02 Å². The average molecular weight is 314 g/mol. The van der Waals surface area contributed by atoms with Gasteiger partial charge < -0.3 is 10.1 Å². The van der Waals surface area contributed by atoms with E-state index in [1.54, 1.807) is 7.11 Å². The number of aromatic nitrogens is 2. The molecule has 1 aromatic heterocycles. The molecule has 0 aliphatic heterocycles. The first kappa shape index (κ1) is 16.8. The van der Waals surface area contributed by atoms with Gasteiger partial charge in [-0.15, -0.1) is 0 Å². The van der Waals surface area contributed by atoms with Crippen LogP contribution >= 0.6 is 11.6 Å². The van der Waals surface area contributed by atoms with Gasteiger partial charge in [0.25, 0.3) is 5.56 Å². The van der Waals surface area contributed by atoms with E-state index in [4.69, 9.17) is 16.3 Å². The highest BCUT2D eigenvalue weighted by atomic mass is 35.5. The van der Waals surface area contributed by atoms with Crippen molar-refractivity contribution >= 4 is 17.3 Å². The summed E-state index contributed by atoms with van der Waals surface area (Å²) in [5, 5.41) is 6.06. The molecule has 114 valence electrons. The summed E-state index contributed by atoms with van der Waals surface area (Å²) in [7, 11) is 1.56. The summed E-state index contributed by atoms with van der Waals surface area (Å²) in [6, 6.07) is -0.0629. The highest BCUT2D eigenvalue weighted by molar-refractivity contribution is 6.32. The van der Waals surface area contributed by atoms with Crippen LogP contribution in [0.1, 0.15) is 13.3 Å². The lowest BCUT2D eigenvalue weighted by Crippen LogP contribution is -2.31. The standard InChI is InChI=1S/C11H15ClF3N3O2/c1-7(3-4-20-2)17-8-5-16-18(6-11(13,14)15)10(19)9(8)12/h5,7,17H,3-4,6H2,1-2H3. The Labute approximate surface area is 118 Å². The topological polar surface area (TPSA) is 56.1 Å². The van der Waals surface area contributed by atoms with Crippen molar-refractivity contribution in [1.82, 2.24) is 9.78 Å². The molecule has 5 nitrogen and oxygen atoms in total. The van der Waals surface area contributed by atoms with Crippen molar-refractivity contribution < 1.29 is 17.9 Å². The minimum atomic E-state index is -4.53. The minimum Gasteiger partial charge on any atom is -0.385 e. The third kappa shape index (κ3) is 5.01. The number of alkyl halides is 3. The third-order valence-electron chi connectivity index (χ3n) is 2.47. The van der Waals surface area contributed by atoms with Gasteiger partial charge in [0, 0.05) is 19.8 Å². The van der Waals surface area contributed by atoms with Crippen LogP contribution in [-0.4, -0.2) is 35.7 Å². The molecule has 1 heterocycles. The summed E-state index contributed by atoms with van der Waals surface area (Å²) in [6.45, 7) is 0.867. The first-order valence-electron chi connectivity index (χ1n) is 5.82. The molecule has 20 heavy (non-hydrogen) atoms. The van der Waals surface area contributed by atoms with Gasteiger partial charge in [0.1, 0.15) is 11.6 Å².